The number of nitrogens with zero attached hydrogens (tertiary/aromatic N) is 4. The van der Waals surface area contributed by atoms with Crippen molar-refractivity contribution in [2.24, 2.45) is 0 Å². The van der Waals surface area contributed by atoms with E-state index in [0.717, 1.165) is 73.6 Å². The Morgan fingerprint density at radius 3 is 1.22 bits per heavy atom. The molecule has 4 heterocycles. The number of carbonyl (C=O) groups is 2. The van der Waals surface area contributed by atoms with Crippen LogP contribution in [0.4, 0.5) is 53.5 Å². The average molecular weight is 1620 g/mol. The zero-order chi connectivity index (χ0) is 71.2. The number of carbonyl (C=O) groups excluding carboxylic acids is 2. The van der Waals surface area contributed by atoms with Crippen LogP contribution in [0.1, 0.15) is 36.8 Å². The monoisotopic (exact) mass is 1620 g/mol. The van der Waals surface area contributed by atoms with Gasteiger partial charge >= 0.3 is 24.5 Å². The maximum Gasteiger partial charge on any atom is 0.417 e. The smallest absolute Gasteiger partial charge is 0.417 e. The van der Waals surface area contributed by atoms with Gasteiger partial charge in [0.15, 0.2) is 0 Å². The number of pyridine rings is 4. The Morgan fingerprint density at radius 1 is 0.455 bits per heavy atom. The summed E-state index contributed by atoms with van der Waals surface area (Å²) in [5, 5.41) is 13.5. The molecule has 0 aliphatic heterocycles. The van der Waals surface area contributed by atoms with Gasteiger partial charge in [-0.2, -0.15) is 26.3 Å². The van der Waals surface area contributed by atoms with Crippen LogP contribution in [0.25, 0.3) is 22.5 Å². The molecule has 3 N–H and O–H groups in total. The number of halogens is 11. The van der Waals surface area contributed by atoms with Crippen LogP contribution in [-0.2, 0) is 84.6 Å². The maximum atomic E-state index is 13.3. The van der Waals surface area contributed by atoms with Crippen molar-refractivity contribution >= 4 is 23.8 Å². The molecule has 22 nitrogen and oxygen atoms in total. The van der Waals surface area contributed by atoms with Gasteiger partial charge in [0, 0.05) is 99.6 Å². The second-order valence-electron chi connectivity index (χ2n) is 19.2. The molecule has 553 valence electrons. The fourth-order valence-corrected chi connectivity index (χ4v) is 7.21. The van der Waals surface area contributed by atoms with Crippen LogP contribution >= 0.6 is 11.6 Å². The second kappa shape index (κ2) is 55.8. The summed E-state index contributed by atoms with van der Waals surface area (Å²) in [6.07, 6.45) is 2.01. The predicted octanol–water partition coefficient (Wildman–Crippen LogP) is 11.0. The van der Waals surface area contributed by atoms with Crippen LogP contribution in [0.15, 0.2) is 110 Å². The van der Waals surface area contributed by atoms with E-state index in [0.29, 0.717) is 149 Å². The van der Waals surface area contributed by atoms with Gasteiger partial charge < -0.3 is 82.0 Å². The summed E-state index contributed by atoms with van der Waals surface area (Å²) < 4.78 is 194. The normalized spacial score (nSPS) is 10.9. The van der Waals surface area contributed by atoms with E-state index in [4.69, 9.17) is 78.3 Å². The van der Waals surface area contributed by atoms with Gasteiger partial charge in [-0.05, 0) is 48.5 Å². The summed E-state index contributed by atoms with van der Waals surface area (Å²) in [5.74, 6) is -1.25. The van der Waals surface area contributed by atoms with E-state index < -0.39 is 58.9 Å². The van der Waals surface area contributed by atoms with Crippen LogP contribution in [-0.4, -0.2) is 202 Å². The zero-order valence-electron chi connectivity index (χ0n) is 53.7. The first-order chi connectivity index (χ1) is 47.4. The van der Waals surface area contributed by atoms with Gasteiger partial charge in [-0.25, -0.2) is 9.59 Å². The zero-order valence-corrected chi connectivity index (χ0v) is 56.9. The standard InChI is InChI=1S/C30H52ClN3O12.2C12H5F5N.C11H17NO4.Ir/c31-7-3-1-2-4-11-37-19-20-43-27-34-30(36)46-26-23-41-16-15-39-14-13-38-12-10-33-29(35)45-25-22-42-18-17-40-21-24-44-28-5-8-32-9-6-28;2*13-8-2-3-9(10(14)5-8)11-4-1-7(6-18-11)12(15,16)17;13-5-6-14-7-8-15-9-10-16-11-1-3-12-4-2-11;/h5-6,8-9H,1-4,7,10-27H2,(H,33,35)(H,34,36);2*1-2,4-6H;1-4,13H,5-10H2;/q;2*-1;;. The number of nitrogens with one attached hydrogen (secondary N) is 2. The van der Waals surface area contributed by atoms with Gasteiger partial charge in [-0.1, -0.05) is 60.4 Å². The summed E-state index contributed by atoms with van der Waals surface area (Å²) in [6, 6.07) is 18.3. The Bertz CT molecular complexity index is 2890. The third-order valence-electron chi connectivity index (χ3n) is 11.7. The van der Waals surface area contributed by atoms with E-state index in [1.165, 1.54) is 0 Å². The molecule has 0 bridgehead atoms. The van der Waals surface area contributed by atoms with E-state index in [1.807, 2.05) is 0 Å². The van der Waals surface area contributed by atoms with Gasteiger partial charge in [0.25, 0.3) is 0 Å². The van der Waals surface area contributed by atoms with Gasteiger partial charge in [-0.3, -0.25) is 32.8 Å². The largest absolute Gasteiger partial charge is 0.491 e. The summed E-state index contributed by atoms with van der Waals surface area (Å²) >= 11 is 5.63. The minimum atomic E-state index is -4.50. The Hall–Kier alpha value is -6.98. The Labute approximate surface area is 585 Å². The SMILES string of the molecule is Fc1c[c-]c(-c2ccc(C(F)(F)F)cn2)c(F)c1.Fc1c[c-]c(-c2ccc(C(F)(F)F)cn2)c(F)c1.O=C(NCCOCCOCCOCCOC(=O)NCOCCOCCCCCCCl)OCCOCCOCCOc1ccncc1.OCCOCCOCCOc1ccncc1.[Ir]. The molecule has 2 aromatic carbocycles. The van der Waals surface area contributed by atoms with Gasteiger partial charge in [-0.15, -0.1) is 35.9 Å². The van der Waals surface area contributed by atoms with Crippen molar-refractivity contribution in [2.45, 2.75) is 38.0 Å². The molecule has 1 radical (unpaired) electrons. The molecule has 0 saturated heterocycles. The summed E-state index contributed by atoms with van der Waals surface area (Å²) in [7, 11) is 0. The number of amides is 2. The van der Waals surface area contributed by atoms with Gasteiger partial charge in [0.1, 0.15) is 44.7 Å². The molecule has 99 heavy (non-hydrogen) atoms. The summed E-state index contributed by atoms with van der Waals surface area (Å²) in [6.45, 7) is 8.61. The number of unbranched alkanes of at least 4 members (excludes halogenated alkanes) is 3. The number of benzene rings is 2. The third-order valence-corrected chi connectivity index (χ3v) is 12.0. The van der Waals surface area contributed by atoms with Gasteiger partial charge in [0.2, 0.25) is 0 Å². The number of alkyl carbamates (subject to hydrolysis) is 2. The molecule has 0 spiro atoms. The van der Waals surface area contributed by atoms with Crippen molar-refractivity contribution in [1.29, 1.82) is 0 Å². The molecule has 2 amide bonds. The molecule has 34 heteroatoms. The van der Waals surface area contributed by atoms with Crippen molar-refractivity contribution in [3.8, 4) is 34.0 Å². The summed E-state index contributed by atoms with van der Waals surface area (Å²) in [4.78, 5) is 38.0. The molecule has 6 rings (SSSR count). The van der Waals surface area contributed by atoms with E-state index in [1.54, 1.807) is 49.1 Å². The number of aromatic nitrogens is 4. The fourth-order valence-electron chi connectivity index (χ4n) is 7.03. The van der Waals surface area contributed by atoms with Crippen molar-refractivity contribution in [3.05, 3.63) is 157 Å². The number of hydrogen-bond donors (Lipinski definition) is 3. The Morgan fingerprint density at radius 2 is 0.828 bits per heavy atom. The molecule has 0 unspecified atom stereocenters. The summed E-state index contributed by atoms with van der Waals surface area (Å²) in [5.41, 5.74) is -2.31. The number of hydrogen-bond acceptors (Lipinski definition) is 20. The Kier molecular flexibility index (Phi) is 49.6. The number of ether oxygens (including phenoxy) is 13. The molecule has 0 saturated carbocycles. The van der Waals surface area contributed by atoms with Crippen LogP contribution in [0.5, 0.6) is 11.5 Å². The van der Waals surface area contributed by atoms with E-state index in [-0.39, 0.29) is 82.4 Å². The van der Waals surface area contributed by atoms with E-state index in [9.17, 15) is 53.5 Å². The minimum Gasteiger partial charge on any atom is -0.491 e. The molecule has 0 aliphatic rings. The number of rotatable bonds is 44. The predicted molar refractivity (Wildman–Crippen MR) is 334 cm³/mol. The minimum absolute atomic E-state index is 0. The third kappa shape index (κ3) is 44.7. The van der Waals surface area contributed by atoms with E-state index >= 15 is 0 Å². The Balaban J connectivity index is 0.000000510. The number of alkyl halides is 7. The number of aliphatic hydroxyl groups is 1. The second-order valence-corrected chi connectivity index (χ2v) is 19.5. The van der Waals surface area contributed by atoms with Crippen LogP contribution in [0.2, 0.25) is 0 Å². The number of aliphatic hydroxyl groups excluding tert-OH is 1. The molecule has 0 atom stereocenters. The van der Waals surface area contributed by atoms with Crippen molar-refractivity contribution in [1.82, 2.24) is 30.6 Å². The first-order valence-corrected chi connectivity index (χ1v) is 31.0. The molecular weight excluding hydrogens is 1540 g/mol. The topological polar surface area (TPSA) is 250 Å². The van der Waals surface area contributed by atoms with Crippen LogP contribution in [0, 0.1) is 35.4 Å². The molecule has 4 aromatic heterocycles. The van der Waals surface area contributed by atoms with Crippen molar-refractivity contribution < 1.29 is 140 Å². The average Bonchev–Trinajstić information content (AvgIpc) is 0.832. The molecule has 6 aromatic rings. The van der Waals surface area contributed by atoms with Crippen LogP contribution < -0.4 is 20.1 Å². The first-order valence-electron chi connectivity index (χ1n) is 30.4. The molecular formula is C65H79ClF10IrN6O16-2. The van der Waals surface area contributed by atoms with Gasteiger partial charge in [0.05, 0.1) is 123 Å². The van der Waals surface area contributed by atoms with Crippen LogP contribution in [0.3, 0.4) is 0 Å². The maximum absolute atomic E-state index is 13.3. The van der Waals surface area contributed by atoms with Crippen molar-refractivity contribution in [3.63, 3.8) is 0 Å². The van der Waals surface area contributed by atoms with Crippen molar-refractivity contribution in [2.75, 3.05) is 165 Å². The molecule has 0 fully saturated rings. The fraction of sp³-hybridized carbons (Fsp3) is 0.477. The quantitative estimate of drug-likeness (QED) is 0.0106. The molecule has 0 aliphatic carbocycles. The van der Waals surface area contributed by atoms with E-state index in [2.05, 4.69) is 42.7 Å². The first kappa shape index (κ1) is 88.1.